The number of carbonyl (C=O) groups is 2. The summed E-state index contributed by atoms with van der Waals surface area (Å²) in [7, 11) is -4.83. The first-order chi connectivity index (χ1) is 7.67. The van der Waals surface area contributed by atoms with Crippen LogP contribution in [-0.4, -0.2) is 57.2 Å². The van der Waals surface area contributed by atoms with Gasteiger partial charge in [-0.2, -0.15) is 0 Å². The summed E-state index contributed by atoms with van der Waals surface area (Å²) in [6.45, 7) is -1.62. The summed E-state index contributed by atoms with van der Waals surface area (Å²) in [6, 6.07) is -3.00. The molecule has 0 rings (SSSR count). The molecule has 0 unspecified atom stereocenters. The molecule has 0 aromatic heterocycles. The molecule has 0 aromatic carbocycles. The van der Waals surface area contributed by atoms with Crippen LogP contribution in [0.15, 0.2) is 0 Å². The minimum atomic E-state index is -4.83. The summed E-state index contributed by atoms with van der Waals surface area (Å²) in [5, 5.41) is 19.0. The van der Waals surface area contributed by atoms with Crippen molar-refractivity contribution >= 4 is 19.7 Å². The third kappa shape index (κ3) is 7.00. The fourth-order valence-corrected chi connectivity index (χ4v) is 1.05. The molecule has 0 saturated heterocycles. The van der Waals surface area contributed by atoms with Crippen molar-refractivity contribution in [3.8, 4) is 0 Å². The fraction of sp³-hybridized carbons (Fsp3) is 0.667. The molecule has 0 aliphatic rings. The molecule has 17 heavy (non-hydrogen) atoms. The number of nitrogens with two attached hydrogens (primary N) is 1. The molecule has 10 nitrogen and oxygen atoms in total. The van der Waals surface area contributed by atoms with Gasteiger partial charge in [-0.25, -0.2) is 9.36 Å². The summed E-state index contributed by atoms with van der Waals surface area (Å²) >= 11 is 0. The van der Waals surface area contributed by atoms with E-state index in [0.29, 0.717) is 0 Å². The number of carboxylic acid groups (broad SMARTS) is 1. The molecule has 0 spiro atoms. The van der Waals surface area contributed by atoms with E-state index in [0.717, 1.165) is 0 Å². The second kappa shape index (κ2) is 6.64. The van der Waals surface area contributed by atoms with Crippen molar-refractivity contribution in [1.82, 2.24) is 5.32 Å². The van der Waals surface area contributed by atoms with Gasteiger partial charge in [-0.1, -0.05) is 0 Å². The molecule has 0 radical (unpaired) electrons. The van der Waals surface area contributed by atoms with Crippen molar-refractivity contribution in [1.29, 1.82) is 0 Å². The maximum absolute atomic E-state index is 11.1. The van der Waals surface area contributed by atoms with Gasteiger partial charge in [0.1, 0.15) is 6.04 Å². The molecule has 0 saturated carbocycles. The van der Waals surface area contributed by atoms with E-state index in [4.69, 9.17) is 25.7 Å². The fourth-order valence-electron chi connectivity index (χ4n) is 0.708. The van der Waals surface area contributed by atoms with Gasteiger partial charge >= 0.3 is 13.8 Å². The quantitative estimate of drug-likeness (QED) is 0.263. The average Bonchev–Trinajstić information content (AvgIpc) is 2.20. The smallest absolute Gasteiger partial charge is 0.469 e. The van der Waals surface area contributed by atoms with E-state index >= 15 is 0 Å². The van der Waals surface area contributed by atoms with Crippen LogP contribution in [0.4, 0.5) is 0 Å². The van der Waals surface area contributed by atoms with E-state index in [9.17, 15) is 14.2 Å². The van der Waals surface area contributed by atoms with Crippen LogP contribution in [0.5, 0.6) is 0 Å². The number of phosphoric acid groups is 1. The Kier molecular flexibility index (Phi) is 6.24. The Morgan fingerprint density at radius 1 is 1.41 bits per heavy atom. The largest absolute Gasteiger partial charge is 0.480 e. The number of aliphatic hydroxyl groups is 1. The number of nitrogens with one attached hydrogen (secondary N) is 1. The van der Waals surface area contributed by atoms with E-state index in [1.165, 1.54) is 0 Å². The van der Waals surface area contributed by atoms with Gasteiger partial charge in [-0.15, -0.1) is 0 Å². The third-order valence-corrected chi connectivity index (χ3v) is 2.04. The number of aliphatic carboxylic acids is 1. The van der Waals surface area contributed by atoms with Gasteiger partial charge < -0.3 is 31.1 Å². The summed E-state index contributed by atoms with van der Waals surface area (Å²) in [5.41, 5.74) is 5.10. The summed E-state index contributed by atoms with van der Waals surface area (Å²) in [5.74, 6) is -2.54. The Morgan fingerprint density at radius 2 is 1.94 bits per heavy atom. The number of amides is 1. The lowest BCUT2D eigenvalue weighted by Gasteiger charge is -2.16. The van der Waals surface area contributed by atoms with E-state index in [2.05, 4.69) is 4.52 Å². The number of hydrogen-bond acceptors (Lipinski definition) is 6. The first-order valence-electron chi connectivity index (χ1n) is 4.27. The van der Waals surface area contributed by atoms with E-state index in [1.807, 2.05) is 5.32 Å². The minimum absolute atomic E-state index is 0.697. The SMILES string of the molecule is N[C@@H](CO)C(=O)N[C@@H](COP(=O)(O)O)C(=O)O. The van der Waals surface area contributed by atoms with Crippen LogP contribution in [0.2, 0.25) is 0 Å². The third-order valence-electron chi connectivity index (χ3n) is 1.56. The number of phosphoric ester groups is 1. The van der Waals surface area contributed by atoms with E-state index in [-0.39, 0.29) is 0 Å². The van der Waals surface area contributed by atoms with E-state index in [1.54, 1.807) is 0 Å². The molecular weight excluding hydrogens is 259 g/mol. The Balaban J connectivity index is 4.40. The summed E-state index contributed by atoms with van der Waals surface area (Å²) in [6.07, 6.45) is 0. The Morgan fingerprint density at radius 3 is 2.29 bits per heavy atom. The maximum Gasteiger partial charge on any atom is 0.469 e. The molecule has 7 N–H and O–H groups in total. The second-order valence-corrected chi connectivity index (χ2v) is 4.21. The maximum atomic E-state index is 11.1. The lowest BCUT2D eigenvalue weighted by atomic mass is 10.2. The highest BCUT2D eigenvalue weighted by Crippen LogP contribution is 2.35. The highest BCUT2D eigenvalue weighted by Gasteiger charge is 2.26. The molecule has 0 heterocycles. The summed E-state index contributed by atoms with van der Waals surface area (Å²) < 4.78 is 14.3. The number of aliphatic hydroxyl groups excluding tert-OH is 1. The van der Waals surface area contributed by atoms with Crippen molar-refractivity contribution in [2.45, 2.75) is 12.1 Å². The molecule has 11 heteroatoms. The molecule has 1 amide bonds. The predicted molar refractivity (Wildman–Crippen MR) is 52.6 cm³/mol. The van der Waals surface area contributed by atoms with Gasteiger partial charge in [0.15, 0.2) is 6.04 Å². The van der Waals surface area contributed by atoms with Crippen molar-refractivity contribution in [2.24, 2.45) is 5.73 Å². The van der Waals surface area contributed by atoms with Crippen LogP contribution in [0, 0.1) is 0 Å². The highest BCUT2D eigenvalue weighted by molar-refractivity contribution is 7.46. The molecule has 0 aromatic rings. The van der Waals surface area contributed by atoms with Gasteiger partial charge in [-0.3, -0.25) is 9.32 Å². The van der Waals surface area contributed by atoms with Gasteiger partial charge in [0.2, 0.25) is 5.91 Å². The van der Waals surface area contributed by atoms with Crippen molar-refractivity contribution in [3.63, 3.8) is 0 Å². The lowest BCUT2D eigenvalue weighted by Crippen LogP contribution is -2.51. The molecule has 2 atom stereocenters. The Hall–Kier alpha value is -1.03. The first-order valence-corrected chi connectivity index (χ1v) is 5.80. The van der Waals surface area contributed by atoms with Gasteiger partial charge in [0, 0.05) is 0 Å². The molecule has 100 valence electrons. The topological polar surface area (TPSA) is 179 Å². The Bertz CT molecular complexity index is 328. The zero-order chi connectivity index (χ0) is 13.6. The van der Waals surface area contributed by atoms with Crippen LogP contribution in [0.25, 0.3) is 0 Å². The predicted octanol–water partition coefficient (Wildman–Crippen LogP) is -3.02. The zero-order valence-electron chi connectivity index (χ0n) is 8.52. The molecule has 0 fully saturated rings. The van der Waals surface area contributed by atoms with Crippen LogP contribution in [0.3, 0.4) is 0 Å². The number of rotatable bonds is 7. The monoisotopic (exact) mass is 272 g/mol. The van der Waals surface area contributed by atoms with Crippen LogP contribution >= 0.6 is 7.82 Å². The standard InChI is InChI=1S/C6H13N2O8P/c7-3(1-9)5(10)8-4(6(11)12)2-16-17(13,14)15/h3-4,9H,1-2,7H2,(H,8,10)(H,11,12)(H2,13,14,15)/t3-,4-/m0/s1. The normalized spacial score (nSPS) is 15.1. The number of hydrogen-bond donors (Lipinski definition) is 6. The van der Waals surface area contributed by atoms with Crippen molar-refractivity contribution in [2.75, 3.05) is 13.2 Å². The van der Waals surface area contributed by atoms with Crippen LogP contribution in [0.1, 0.15) is 0 Å². The molecular formula is C6H13N2O8P. The van der Waals surface area contributed by atoms with Crippen molar-refractivity contribution < 1.29 is 38.7 Å². The Labute approximate surface area is 95.6 Å². The van der Waals surface area contributed by atoms with Crippen LogP contribution < -0.4 is 11.1 Å². The van der Waals surface area contributed by atoms with Gasteiger partial charge in [0.05, 0.1) is 13.2 Å². The minimum Gasteiger partial charge on any atom is -0.480 e. The number of carboxylic acids is 1. The highest BCUT2D eigenvalue weighted by atomic mass is 31.2. The molecule has 0 aliphatic heterocycles. The van der Waals surface area contributed by atoms with E-state index < -0.39 is 45.0 Å². The molecule has 0 aliphatic carbocycles. The number of carbonyl (C=O) groups excluding carboxylic acids is 1. The van der Waals surface area contributed by atoms with Gasteiger partial charge in [0.25, 0.3) is 0 Å². The summed E-state index contributed by atoms with van der Waals surface area (Å²) in [4.78, 5) is 38.4. The molecule has 0 bridgehead atoms. The average molecular weight is 272 g/mol. The lowest BCUT2D eigenvalue weighted by molar-refractivity contribution is -0.143. The van der Waals surface area contributed by atoms with Crippen molar-refractivity contribution in [3.05, 3.63) is 0 Å². The second-order valence-electron chi connectivity index (χ2n) is 2.97. The van der Waals surface area contributed by atoms with Crippen LogP contribution in [-0.2, 0) is 18.7 Å². The first kappa shape index (κ1) is 16.0. The van der Waals surface area contributed by atoms with Gasteiger partial charge in [-0.05, 0) is 0 Å². The zero-order valence-corrected chi connectivity index (χ0v) is 9.41.